The molecule has 4 heteroatoms. The van der Waals surface area contributed by atoms with E-state index in [2.05, 4.69) is 3.77 Å². The van der Waals surface area contributed by atoms with Crippen LogP contribution in [0.15, 0.2) is 73.1 Å². The molecule has 16 heavy (non-hydrogen) atoms. The fraction of sp³-hybridized carbons (Fsp3) is 0. The van der Waals surface area contributed by atoms with Crippen molar-refractivity contribution in [1.29, 1.82) is 0 Å². The molecular formula is C12H9NOS2. The Hall–Kier alpha value is -1.26. The first-order valence-electron chi connectivity index (χ1n) is 4.88. The molecule has 0 radical (unpaired) electrons. The third-order valence-corrected chi connectivity index (χ3v) is 6.13. The van der Waals surface area contributed by atoms with Gasteiger partial charge in [-0.1, -0.05) is 30.3 Å². The van der Waals surface area contributed by atoms with E-state index in [1.54, 1.807) is 0 Å². The molecule has 0 fully saturated rings. The van der Waals surface area contributed by atoms with Gasteiger partial charge in [0.1, 0.15) is 9.73 Å². The summed E-state index contributed by atoms with van der Waals surface area (Å²) in [5.74, 6) is 0. The zero-order valence-electron chi connectivity index (χ0n) is 8.37. The molecule has 1 aliphatic rings. The molecule has 2 aromatic carbocycles. The average Bonchev–Trinajstić information content (AvgIpc) is 2.71. The quantitative estimate of drug-likeness (QED) is 0.721. The van der Waals surface area contributed by atoms with Crippen LogP contribution in [0.3, 0.4) is 0 Å². The molecule has 1 atom stereocenters. The molecular weight excluding hydrogens is 238 g/mol. The summed E-state index contributed by atoms with van der Waals surface area (Å²) in [5.41, 5.74) is 0. The van der Waals surface area contributed by atoms with E-state index in [1.807, 2.05) is 54.6 Å². The number of hydrogen-bond acceptors (Lipinski definition) is 3. The van der Waals surface area contributed by atoms with Gasteiger partial charge in [-0.2, -0.15) is 3.77 Å². The highest BCUT2D eigenvalue weighted by Crippen LogP contribution is 2.40. The third kappa shape index (κ3) is 1.37. The van der Waals surface area contributed by atoms with E-state index in [9.17, 15) is 4.21 Å². The molecule has 0 N–H and O–H groups in total. The molecule has 0 unspecified atom stereocenters. The average molecular weight is 247 g/mol. The number of fused-ring (bicyclic) bond motifs is 1. The van der Waals surface area contributed by atoms with E-state index in [0.717, 1.165) is 14.7 Å². The second-order valence-corrected chi connectivity index (χ2v) is 6.63. The Balaban J connectivity index is 2.27. The number of nitrogens with zero attached hydrogens (tertiary/aromatic N) is 1. The van der Waals surface area contributed by atoms with Crippen molar-refractivity contribution in [2.75, 3.05) is 0 Å². The highest BCUT2D eigenvalue weighted by atomic mass is 32.2. The predicted octanol–water partition coefficient (Wildman–Crippen LogP) is 3.59. The van der Waals surface area contributed by atoms with Gasteiger partial charge in [0.15, 0.2) is 0 Å². The van der Waals surface area contributed by atoms with Crippen LogP contribution in [0, 0.1) is 0 Å². The lowest BCUT2D eigenvalue weighted by atomic mass is 10.4. The van der Waals surface area contributed by atoms with Gasteiger partial charge in [-0.3, -0.25) is 0 Å². The van der Waals surface area contributed by atoms with Crippen LogP contribution in [0.25, 0.3) is 0 Å². The minimum Gasteiger partial charge on any atom is -0.239 e. The molecule has 0 bridgehead atoms. The molecule has 0 amide bonds. The Morgan fingerprint density at radius 3 is 2.44 bits per heavy atom. The standard InChI is InChI=1S/C12H9NOS2/c14-16(10-6-2-1-3-7-10)12-9-5-4-8-11(12)15-13-16/h1-9H/t16-/m0/s1. The Bertz CT molecular complexity index is 643. The molecule has 80 valence electrons. The highest BCUT2D eigenvalue weighted by molar-refractivity contribution is 8.10. The molecule has 0 saturated heterocycles. The van der Waals surface area contributed by atoms with Crippen molar-refractivity contribution in [3.8, 4) is 0 Å². The molecule has 0 spiro atoms. The SMILES string of the molecule is O=[S@]1(c2ccccc2)=NSc2ccccc21. The topological polar surface area (TPSA) is 29.4 Å². The van der Waals surface area contributed by atoms with Gasteiger partial charge in [-0.05, 0) is 24.3 Å². The van der Waals surface area contributed by atoms with Crippen LogP contribution >= 0.6 is 11.9 Å². The molecule has 1 heterocycles. The first-order valence-corrected chi connectivity index (χ1v) is 7.17. The van der Waals surface area contributed by atoms with E-state index in [0.29, 0.717) is 0 Å². The summed E-state index contributed by atoms with van der Waals surface area (Å²) in [6.45, 7) is 0. The third-order valence-electron chi connectivity index (χ3n) is 2.45. The molecule has 0 aliphatic carbocycles. The van der Waals surface area contributed by atoms with Crippen LogP contribution in [-0.4, -0.2) is 4.21 Å². The Kier molecular flexibility index (Phi) is 2.26. The van der Waals surface area contributed by atoms with E-state index in [-0.39, 0.29) is 0 Å². The number of rotatable bonds is 1. The molecule has 1 aliphatic heterocycles. The summed E-state index contributed by atoms with van der Waals surface area (Å²) in [5, 5.41) is 0. The van der Waals surface area contributed by atoms with E-state index in [4.69, 9.17) is 0 Å². The maximum absolute atomic E-state index is 12.8. The van der Waals surface area contributed by atoms with Gasteiger partial charge >= 0.3 is 0 Å². The minimum absolute atomic E-state index is 0.785. The first kappa shape index (κ1) is 9.93. The lowest BCUT2D eigenvalue weighted by Gasteiger charge is -2.05. The molecule has 3 rings (SSSR count). The summed E-state index contributed by atoms with van der Waals surface area (Å²) < 4.78 is 17.1. The fourth-order valence-corrected chi connectivity index (χ4v) is 5.20. The van der Waals surface area contributed by atoms with Gasteiger partial charge in [0.05, 0.1) is 9.79 Å². The van der Waals surface area contributed by atoms with Gasteiger partial charge in [0, 0.05) is 16.8 Å². The molecule has 2 nitrogen and oxygen atoms in total. The monoisotopic (exact) mass is 247 g/mol. The Morgan fingerprint density at radius 1 is 0.938 bits per heavy atom. The lowest BCUT2D eigenvalue weighted by Crippen LogP contribution is -1.98. The van der Waals surface area contributed by atoms with E-state index < -0.39 is 9.73 Å². The number of benzene rings is 2. The van der Waals surface area contributed by atoms with Crippen molar-refractivity contribution >= 4 is 21.7 Å². The summed E-state index contributed by atoms with van der Waals surface area (Å²) in [6.07, 6.45) is 0. The van der Waals surface area contributed by atoms with E-state index in [1.165, 1.54) is 11.9 Å². The van der Waals surface area contributed by atoms with Crippen LogP contribution in [0.2, 0.25) is 0 Å². The normalized spacial score (nSPS) is 22.5. The van der Waals surface area contributed by atoms with Crippen LogP contribution in [0.4, 0.5) is 0 Å². The summed E-state index contributed by atoms with van der Waals surface area (Å²) in [4.78, 5) is 2.62. The molecule has 0 aromatic heterocycles. The lowest BCUT2D eigenvalue weighted by molar-refractivity contribution is 0.677. The van der Waals surface area contributed by atoms with Crippen molar-refractivity contribution in [2.45, 2.75) is 14.7 Å². The van der Waals surface area contributed by atoms with Crippen molar-refractivity contribution < 1.29 is 4.21 Å². The Morgan fingerprint density at radius 2 is 1.62 bits per heavy atom. The minimum atomic E-state index is -2.40. The summed E-state index contributed by atoms with van der Waals surface area (Å²) in [6, 6.07) is 17.1. The zero-order valence-corrected chi connectivity index (χ0v) is 10.0. The Labute approximate surface area is 99.0 Å². The number of hydrogen-bond donors (Lipinski definition) is 0. The summed E-state index contributed by atoms with van der Waals surface area (Å²) in [7, 11) is -2.40. The van der Waals surface area contributed by atoms with Crippen molar-refractivity contribution in [3.05, 3.63) is 54.6 Å². The van der Waals surface area contributed by atoms with Crippen LogP contribution in [0.5, 0.6) is 0 Å². The van der Waals surface area contributed by atoms with Crippen molar-refractivity contribution in [2.24, 2.45) is 3.77 Å². The van der Waals surface area contributed by atoms with Crippen LogP contribution in [-0.2, 0) is 9.73 Å². The van der Waals surface area contributed by atoms with Gasteiger partial charge in [0.2, 0.25) is 0 Å². The van der Waals surface area contributed by atoms with Gasteiger partial charge in [-0.25, -0.2) is 4.21 Å². The maximum Gasteiger partial charge on any atom is 0.116 e. The van der Waals surface area contributed by atoms with Crippen LogP contribution < -0.4 is 0 Å². The second-order valence-electron chi connectivity index (χ2n) is 3.45. The second kappa shape index (κ2) is 3.64. The van der Waals surface area contributed by atoms with Gasteiger partial charge in [-0.15, -0.1) is 0 Å². The predicted molar refractivity (Wildman–Crippen MR) is 65.8 cm³/mol. The van der Waals surface area contributed by atoms with Gasteiger partial charge < -0.3 is 0 Å². The zero-order chi connectivity index (χ0) is 11.0. The van der Waals surface area contributed by atoms with Crippen molar-refractivity contribution in [3.63, 3.8) is 0 Å². The van der Waals surface area contributed by atoms with Gasteiger partial charge in [0.25, 0.3) is 0 Å². The van der Waals surface area contributed by atoms with Crippen LogP contribution in [0.1, 0.15) is 0 Å². The highest BCUT2D eigenvalue weighted by Gasteiger charge is 2.24. The largest absolute Gasteiger partial charge is 0.239 e. The van der Waals surface area contributed by atoms with E-state index >= 15 is 0 Å². The summed E-state index contributed by atoms with van der Waals surface area (Å²) >= 11 is 1.32. The molecule has 2 aromatic rings. The molecule has 0 saturated carbocycles. The maximum atomic E-state index is 12.8. The first-order chi connectivity index (χ1) is 7.81. The fourth-order valence-electron chi connectivity index (χ4n) is 1.66. The smallest absolute Gasteiger partial charge is 0.116 e. The van der Waals surface area contributed by atoms with Crippen molar-refractivity contribution in [1.82, 2.24) is 0 Å².